The topological polar surface area (TPSA) is 50.7 Å². The van der Waals surface area contributed by atoms with Crippen molar-refractivity contribution in [1.29, 1.82) is 0 Å². The van der Waals surface area contributed by atoms with E-state index < -0.39 is 0 Å². The normalized spacial score (nSPS) is 12.9. The van der Waals surface area contributed by atoms with E-state index in [1.54, 1.807) is 0 Å². The van der Waals surface area contributed by atoms with Crippen molar-refractivity contribution >= 4 is 32.7 Å². The summed E-state index contributed by atoms with van der Waals surface area (Å²) in [7, 11) is 0. The molecule has 0 spiro atoms. The fourth-order valence-electron chi connectivity index (χ4n) is 6.29. The lowest BCUT2D eigenvalue weighted by Crippen LogP contribution is -2.15. The molecular formula is C40H28N4. The maximum Gasteiger partial charge on any atom is 0.0717 e. The second-order valence-corrected chi connectivity index (χ2v) is 11.0. The van der Waals surface area contributed by atoms with Crippen LogP contribution in [0.15, 0.2) is 152 Å². The zero-order valence-corrected chi connectivity index (χ0v) is 24.0. The molecule has 4 heteroatoms. The highest BCUT2D eigenvalue weighted by molar-refractivity contribution is 6.20. The Morgan fingerprint density at radius 2 is 1.18 bits per heavy atom. The third-order valence-corrected chi connectivity index (χ3v) is 8.28. The molecule has 1 aliphatic heterocycles. The van der Waals surface area contributed by atoms with Crippen molar-refractivity contribution in [2.24, 2.45) is 0 Å². The molecule has 8 rings (SSSR count). The summed E-state index contributed by atoms with van der Waals surface area (Å²) >= 11 is 0. The number of allylic oxidation sites excluding steroid dienone is 2. The molecule has 4 nitrogen and oxygen atoms in total. The standard InChI is InChI=1S/C40H28N4/c1-2-10-27(11-3-1)28-16-17-35-36(22-28)40(32-21-30(24-42-26-32)38-15-7-9-19-44-38)34-13-5-4-12-33(34)39(35)31-20-29(23-41-25-31)37-14-6-8-18-43-37/h1-25,42H,26H2. The number of aromatic nitrogens is 3. The Labute approximate surface area is 256 Å². The number of hydrogen-bond acceptors (Lipinski definition) is 4. The smallest absolute Gasteiger partial charge is 0.0717 e. The summed E-state index contributed by atoms with van der Waals surface area (Å²) in [6, 6.07) is 40.5. The molecule has 0 fully saturated rings. The third-order valence-electron chi connectivity index (χ3n) is 8.28. The van der Waals surface area contributed by atoms with Gasteiger partial charge in [0, 0.05) is 54.2 Å². The van der Waals surface area contributed by atoms with Gasteiger partial charge < -0.3 is 5.32 Å². The van der Waals surface area contributed by atoms with E-state index in [1.165, 1.54) is 49.4 Å². The van der Waals surface area contributed by atoms with E-state index in [9.17, 15) is 0 Å². The number of dihydropyridines is 1. The van der Waals surface area contributed by atoms with Gasteiger partial charge in [-0.15, -0.1) is 0 Å². The van der Waals surface area contributed by atoms with Crippen LogP contribution in [0.3, 0.4) is 0 Å². The van der Waals surface area contributed by atoms with Gasteiger partial charge in [-0.2, -0.15) is 0 Å². The first-order valence-corrected chi connectivity index (χ1v) is 14.8. The molecule has 0 saturated heterocycles. The Morgan fingerprint density at radius 3 is 1.95 bits per heavy atom. The highest BCUT2D eigenvalue weighted by Crippen LogP contribution is 2.44. The predicted molar refractivity (Wildman–Crippen MR) is 182 cm³/mol. The number of benzene rings is 4. The van der Waals surface area contributed by atoms with Gasteiger partial charge >= 0.3 is 0 Å². The fourth-order valence-corrected chi connectivity index (χ4v) is 6.29. The van der Waals surface area contributed by atoms with Crippen molar-refractivity contribution in [3.63, 3.8) is 0 Å². The SMILES string of the molecule is C1=C(c2ccccn2)C=C(c2c3ccccc3c(-c3cncc(-c4ccccn4)c3)c3ccc(-c4ccccc4)cc23)CN1. The second-order valence-electron chi connectivity index (χ2n) is 11.0. The summed E-state index contributed by atoms with van der Waals surface area (Å²) in [4.78, 5) is 13.9. The van der Waals surface area contributed by atoms with Gasteiger partial charge in [-0.05, 0) is 91.8 Å². The van der Waals surface area contributed by atoms with Gasteiger partial charge in [0.15, 0.2) is 0 Å². The third kappa shape index (κ3) is 4.63. The zero-order valence-electron chi connectivity index (χ0n) is 24.0. The molecule has 0 bridgehead atoms. The van der Waals surface area contributed by atoms with Crippen LogP contribution in [0.5, 0.6) is 0 Å². The molecule has 4 heterocycles. The summed E-state index contributed by atoms with van der Waals surface area (Å²) in [5.41, 5.74) is 11.0. The van der Waals surface area contributed by atoms with E-state index in [0.29, 0.717) is 0 Å². The van der Waals surface area contributed by atoms with Crippen LogP contribution >= 0.6 is 0 Å². The van der Waals surface area contributed by atoms with Crippen molar-refractivity contribution in [2.75, 3.05) is 6.54 Å². The van der Waals surface area contributed by atoms with Gasteiger partial charge in [0.05, 0.1) is 11.4 Å². The van der Waals surface area contributed by atoms with Gasteiger partial charge in [-0.3, -0.25) is 15.0 Å². The summed E-state index contributed by atoms with van der Waals surface area (Å²) in [5.74, 6) is 0. The van der Waals surface area contributed by atoms with Gasteiger partial charge in [-0.25, -0.2) is 0 Å². The fraction of sp³-hybridized carbons (Fsp3) is 0.0250. The maximum absolute atomic E-state index is 4.70. The summed E-state index contributed by atoms with van der Waals surface area (Å²) in [5, 5.41) is 8.34. The minimum atomic E-state index is 0.723. The van der Waals surface area contributed by atoms with Crippen LogP contribution in [0.4, 0.5) is 0 Å². The Bertz CT molecular complexity index is 2200. The number of nitrogens with one attached hydrogen (secondary N) is 1. The number of rotatable bonds is 5. The molecule has 0 aliphatic carbocycles. The van der Waals surface area contributed by atoms with Crippen LogP contribution in [0.1, 0.15) is 11.3 Å². The van der Waals surface area contributed by atoms with Crippen molar-refractivity contribution in [2.45, 2.75) is 0 Å². The Hall–Kier alpha value is -5.87. The lowest BCUT2D eigenvalue weighted by atomic mass is 9.84. The number of nitrogens with zero attached hydrogens (tertiary/aromatic N) is 3. The number of hydrogen-bond donors (Lipinski definition) is 1. The predicted octanol–water partition coefficient (Wildman–Crippen LogP) is 9.21. The van der Waals surface area contributed by atoms with Crippen LogP contribution in [0.25, 0.3) is 66.2 Å². The monoisotopic (exact) mass is 564 g/mol. The molecule has 0 atom stereocenters. The average Bonchev–Trinajstić information content (AvgIpc) is 3.11. The van der Waals surface area contributed by atoms with Gasteiger partial charge in [-0.1, -0.05) is 78.9 Å². The highest BCUT2D eigenvalue weighted by atomic mass is 14.8. The number of fused-ring (bicyclic) bond motifs is 2. The highest BCUT2D eigenvalue weighted by Gasteiger charge is 2.21. The zero-order chi connectivity index (χ0) is 29.3. The van der Waals surface area contributed by atoms with Crippen molar-refractivity contribution in [3.05, 3.63) is 164 Å². The quantitative estimate of drug-likeness (QED) is 0.212. The first-order valence-electron chi connectivity index (χ1n) is 14.8. The molecule has 4 aromatic carbocycles. The first-order chi connectivity index (χ1) is 21.8. The van der Waals surface area contributed by atoms with Crippen LogP contribution in [0, 0.1) is 0 Å². The maximum atomic E-state index is 4.70. The summed E-state index contributed by atoms with van der Waals surface area (Å²) in [6.07, 6.45) is 11.9. The number of pyridine rings is 3. The minimum absolute atomic E-state index is 0.723. The Kier molecular flexibility index (Phi) is 6.50. The van der Waals surface area contributed by atoms with Gasteiger partial charge in [0.1, 0.15) is 0 Å². The van der Waals surface area contributed by atoms with Crippen LogP contribution in [0.2, 0.25) is 0 Å². The molecule has 208 valence electrons. The van der Waals surface area contributed by atoms with Crippen LogP contribution < -0.4 is 5.32 Å². The Morgan fingerprint density at radius 1 is 0.500 bits per heavy atom. The van der Waals surface area contributed by atoms with Crippen LogP contribution in [-0.2, 0) is 0 Å². The molecule has 44 heavy (non-hydrogen) atoms. The minimum Gasteiger partial charge on any atom is -0.386 e. The first kappa shape index (κ1) is 25.8. The van der Waals surface area contributed by atoms with E-state index in [1.807, 2.05) is 55.1 Å². The van der Waals surface area contributed by atoms with Crippen molar-refractivity contribution in [1.82, 2.24) is 20.3 Å². The van der Waals surface area contributed by atoms with E-state index in [4.69, 9.17) is 4.98 Å². The molecule has 0 unspecified atom stereocenters. The molecule has 7 aromatic rings. The van der Waals surface area contributed by atoms with Crippen molar-refractivity contribution in [3.8, 4) is 33.5 Å². The molecule has 0 amide bonds. The molecular weight excluding hydrogens is 536 g/mol. The Balaban J connectivity index is 1.43. The van der Waals surface area contributed by atoms with E-state index in [2.05, 4.69) is 112 Å². The molecule has 1 N–H and O–H groups in total. The van der Waals surface area contributed by atoms with E-state index >= 15 is 0 Å². The largest absolute Gasteiger partial charge is 0.386 e. The molecule has 0 saturated carbocycles. The van der Waals surface area contributed by atoms with Gasteiger partial charge in [0.2, 0.25) is 0 Å². The second kappa shape index (κ2) is 11.1. The lowest BCUT2D eigenvalue weighted by molar-refractivity contribution is 0.990. The molecule has 1 aliphatic rings. The summed E-state index contributed by atoms with van der Waals surface area (Å²) in [6.45, 7) is 0.723. The van der Waals surface area contributed by atoms with Crippen LogP contribution in [-0.4, -0.2) is 21.5 Å². The summed E-state index contributed by atoms with van der Waals surface area (Å²) < 4.78 is 0. The van der Waals surface area contributed by atoms with Gasteiger partial charge in [0.25, 0.3) is 0 Å². The molecule has 3 aromatic heterocycles. The van der Waals surface area contributed by atoms with E-state index in [-0.39, 0.29) is 0 Å². The molecule has 0 radical (unpaired) electrons. The average molecular weight is 565 g/mol. The lowest BCUT2D eigenvalue weighted by Gasteiger charge is -2.22. The van der Waals surface area contributed by atoms with E-state index in [0.717, 1.165) is 34.6 Å². The van der Waals surface area contributed by atoms with Crippen molar-refractivity contribution < 1.29 is 0 Å².